The van der Waals surface area contributed by atoms with Crippen molar-refractivity contribution in [3.63, 3.8) is 0 Å². The summed E-state index contributed by atoms with van der Waals surface area (Å²) in [7, 11) is 0. The van der Waals surface area contributed by atoms with Crippen LogP contribution in [0.1, 0.15) is 58.3 Å². The van der Waals surface area contributed by atoms with Crippen LogP contribution in [-0.4, -0.2) is 33.9 Å². The third-order valence-corrected chi connectivity index (χ3v) is 7.09. The predicted octanol–water partition coefficient (Wildman–Crippen LogP) is 4.89. The molecule has 0 aliphatic heterocycles. The van der Waals surface area contributed by atoms with Gasteiger partial charge in [0.1, 0.15) is 0 Å². The van der Waals surface area contributed by atoms with E-state index in [4.69, 9.17) is 0 Å². The largest absolute Gasteiger partial charge is 0.412 e. The Morgan fingerprint density at radius 3 is 2.48 bits per heavy atom. The Bertz CT molecular complexity index is 650. The van der Waals surface area contributed by atoms with Crippen LogP contribution in [-0.2, 0) is 0 Å². The van der Waals surface area contributed by atoms with Crippen molar-refractivity contribution in [3.05, 3.63) is 35.5 Å². The average Bonchev–Trinajstić information content (AvgIpc) is 2.66. The molecule has 0 aromatic carbocycles. The second-order valence-corrected chi connectivity index (χ2v) is 9.09. The van der Waals surface area contributed by atoms with Crippen LogP contribution in [0.25, 0.3) is 0 Å². The average molecular weight is 415 g/mol. The SMILES string of the molecule is CC1=CC(C2C=CC(O)CC2CCC(O)O)CCC1C1C=C(C(F)(F)F)CCC1. The van der Waals surface area contributed by atoms with Crippen LogP contribution in [0.15, 0.2) is 35.5 Å². The number of aliphatic hydroxyl groups is 3. The maximum Gasteiger partial charge on any atom is 0.412 e. The number of allylic oxidation sites excluding steroid dienone is 5. The number of aliphatic hydroxyl groups excluding tert-OH is 2. The van der Waals surface area contributed by atoms with Crippen molar-refractivity contribution >= 4 is 0 Å². The topological polar surface area (TPSA) is 60.7 Å². The van der Waals surface area contributed by atoms with Crippen molar-refractivity contribution in [1.29, 1.82) is 0 Å². The molecule has 0 saturated carbocycles. The molecule has 3 rings (SSSR count). The first kappa shape index (κ1) is 22.6. The fourth-order valence-electron chi connectivity index (χ4n) is 5.63. The van der Waals surface area contributed by atoms with E-state index in [2.05, 4.69) is 12.2 Å². The maximum atomic E-state index is 13.1. The van der Waals surface area contributed by atoms with Crippen LogP contribution in [0.4, 0.5) is 13.2 Å². The number of halogens is 3. The van der Waals surface area contributed by atoms with Gasteiger partial charge in [-0.05, 0) is 87.9 Å². The summed E-state index contributed by atoms with van der Waals surface area (Å²) in [5, 5.41) is 28.4. The molecule has 3 aliphatic carbocycles. The third-order valence-electron chi connectivity index (χ3n) is 7.09. The molecule has 29 heavy (non-hydrogen) atoms. The minimum atomic E-state index is -4.22. The highest BCUT2D eigenvalue weighted by molar-refractivity contribution is 5.21. The van der Waals surface area contributed by atoms with Crippen molar-refractivity contribution in [3.8, 4) is 0 Å². The van der Waals surface area contributed by atoms with Crippen molar-refractivity contribution in [2.75, 3.05) is 0 Å². The standard InChI is InChI=1S/C23H33F3O3/c1-14-11-16(21-9-7-19(27)13-17(21)6-10-22(28)29)5-8-20(14)15-3-2-4-18(12-15)23(24,25)26/h7,9,11-12,15-17,19-22,27-29H,2-6,8,10,13H2,1H3. The Hall–Kier alpha value is -1.11. The number of hydrogen-bond donors (Lipinski definition) is 3. The number of hydrogen-bond acceptors (Lipinski definition) is 3. The van der Waals surface area contributed by atoms with Gasteiger partial charge >= 0.3 is 6.18 Å². The van der Waals surface area contributed by atoms with Crippen LogP contribution in [0, 0.1) is 29.6 Å². The van der Waals surface area contributed by atoms with E-state index in [0.29, 0.717) is 19.3 Å². The van der Waals surface area contributed by atoms with E-state index >= 15 is 0 Å². The summed E-state index contributed by atoms with van der Waals surface area (Å²) in [5.74, 6) is 0.807. The van der Waals surface area contributed by atoms with Gasteiger partial charge in [-0.2, -0.15) is 13.2 Å². The molecule has 6 unspecified atom stereocenters. The van der Waals surface area contributed by atoms with Gasteiger partial charge < -0.3 is 15.3 Å². The highest BCUT2D eigenvalue weighted by atomic mass is 19.4. The molecule has 0 aromatic heterocycles. The molecule has 3 N–H and O–H groups in total. The Kier molecular flexibility index (Phi) is 7.28. The van der Waals surface area contributed by atoms with E-state index in [0.717, 1.165) is 19.3 Å². The molecular weight excluding hydrogens is 381 g/mol. The molecule has 3 nitrogen and oxygen atoms in total. The minimum Gasteiger partial charge on any atom is -0.389 e. The molecule has 0 radical (unpaired) electrons. The second-order valence-electron chi connectivity index (χ2n) is 9.09. The van der Waals surface area contributed by atoms with Crippen molar-refractivity contribution in [2.45, 2.75) is 76.9 Å². The van der Waals surface area contributed by atoms with Crippen LogP contribution in [0.5, 0.6) is 0 Å². The van der Waals surface area contributed by atoms with E-state index in [9.17, 15) is 28.5 Å². The Morgan fingerprint density at radius 1 is 1.07 bits per heavy atom. The zero-order valence-corrected chi connectivity index (χ0v) is 17.0. The summed E-state index contributed by atoms with van der Waals surface area (Å²) in [6.45, 7) is 2.04. The summed E-state index contributed by atoms with van der Waals surface area (Å²) in [4.78, 5) is 0. The van der Waals surface area contributed by atoms with Crippen LogP contribution >= 0.6 is 0 Å². The van der Waals surface area contributed by atoms with Gasteiger partial charge in [0, 0.05) is 5.57 Å². The third kappa shape index (κ3) is 5.74. The number of rotatable bonds is 5. The van der Waals surface area contributed by atoms with Gasteiger partial charge in [-0.15, -0.1) is 0 Å². The highest BCUT2D eigenvalue weighted by Gasteiger charge is 2.39. The highest BCUT2D eigenvalue weighted by Crippen LogP contribution is 2.46. The lowest BCUT2D eigenvalue weighted by molar-refractivity contribution is -0.0958. The maximum absolute atomic E-state index is 13.1. The number of alkyl halides is 3. The molecule has 6 heteroatoms. The quantitative estimate of drug-likeness (QED) is 0.443. The zero-order chi connectivity index (χ0) is 21.2. The fraction of sp³-hybridized carbons (Fsp3) is 0.739. The normalized spacial score (nSPS) is 36.1. The van der Waals surface area contributed by atoms with E-state index < -0.39 is 18.6 Å². The first-order valence-corrected chi connectivity index (χ1v) is 10.8. The molecule has 164 valence electrons. The summed E-state index contributed by atoms with van der Waals surface area (Å²) < 4.78 is 39.4. The molecule has 0 spiro atoms. The fourth-order valence-corrected chi connectivity index (χ4v) is 5.63. The molecule has 0 aromatic rings. The van der Waals surface area contributed by atoms with Crippen LogP contribution in [0.3, 0.4) is 0 Å². The molecule has 0 bridgehead atoms. The molecule has 0 fully saturated rings. The van der Waals surface area contributed by atoms with E-state index in [1.807, 2.05) is 13.0 Å². The molecule has 0 saturated heterocycles. The van der Waals surface area contributed by atoms with Gasteiger partial charge in [0.2, 0.25) is 0 Å². The lowest BCUT2D eigenvalue weighted by Crippen LogP contribution is -2.32. The summed E-state index contributed by atoms with van der Waals surface area (Å²) in [6.07, 6.45) is 6.40. The molecular formula is C23H33F3O3. The summed E-state index contributed by atoms with van der Waals surface area (Å²) in [6, 6.07) is 0. The van der Waals surface area contributed by atoms with Crippen molar-refractivity contribution in [1.82, 2.24) is 0 Å². The molecule has 0 heterocycles. The van der Waals surface area contributed by atoms with E-state index in [1.54, 1.807) is 0 Å². The van der Waals surface area contributed by atoms with Gasteiger partial charge in [-0.3, -0.25) is 0 Å². The first-order valence-electron chi connectivity index (χ1n) is 10.8. The molecule has 6 atom stereocenters. The summed E-state index contributed by atoms with van der Waals surface area (Å²) in [5.41, 5.74) is 0.807. The van der Waals surface area contributed by atoms with Crippen molar-refractivity contribution in [2.24, 2.45) is 29.6 Å². The Balaban J connectivity index is 1.72. The predicted molar refractivity (Wildman–Crippen MR) is 106 cm³/mol. The van der Waals surface area contributed by atoms with Crippen molar-refractivity contribution < 1.29 is 28.5 Å². The zero-order valence-electron chi connectivity index (χ0n) is 17.0. The monoisotopic (exact) mass is 414 g/mol. The second kappa shape index (κ2) is 9.36. The molecule has 0 amide bonds. The lowest BCUT2D eigenvalue weighted by Gasteiger charge is -2.40. The molecule has 3 aliphatic rings. The van der Waals surface area contributed by atoms with Gasteiger partial charge in [-0.1, -0.05) is 29.9 Å². The van der Waals surface area contributed by atoms with Crippen LogP contribution in [0.2, 0.25) is 0 Å². The first-order chi connectivity index (χ1) is 13.6. The van der Waals surface area contributed by atoms with E-state index in [1.165, 1.54) is 11.6 Å². The van der Waals surface area contributed by atoms with Crippen LogP contribution < -0.4 is 0 Å². The Labute approximate surface area is 171 Å². The van der Waals surface area contributed by atoms with Gasteiger partial charge in [0.05, 0.1) is 6.10 Å². The Morgan fingerprint density at radius 2 is 1.83 bits per heavy atom. The van der Waals surface area contributed by atoms with E-state index in [-0.39, 0.29) is 48.0 Å². The minimum absolute atomic E-state index is 0.0402. The van der Waals surface area contributed by atoms with Gasteiger partial charge in [0.15, 0.2) is 6.29 Å². The summed E-state index contributed by atoms with van der Waals surface area (Å²) >= 11 is 0. The van der Waals surface area contributed by atoms with Gasteiger partial charge in [0.25, 0.3) is 0 Å². The smallest absolute Gasteiger partial charge is 0.389 e. The lowest BCUT2D eigenvalue weighted by atomic mass is 9.66. The van der Waals surface area contributed by atoms with Gasteiger partial charge in [-0.25, -0.2) is 0 Å².